The van der Waals surface area contributed by atoms with Crippen LogP contribution in [-0.4, -0.2) is 42.5 Å². The third kappa shape index (κ3) is 3.50. The fraction of sp³-hybridized carbons (Fsp3) is 0.556. The molecular weight excluding hydrogens is 306 g/mol. The molecular formula is C18H25N3OS. The van der Waals surface area contributed by atoms with Crippen LogP contribution in [0.15, 0.2) is 23.7 Å². The third-order valence-electron chi connectivity index (χ3n) is 4.73. The summed E-state index contributed by atoms with van der Waals surface area (Å²) in [5.41, 5.74) is 0. The molecule has 5 heteroatoms. The first-order chi connectivity index (χ1) is 11.2. The monoisotopic (exact) mass is 331 g/mol. The highest BCUT2D eigenvalue weighted by atomic mass is 32.1. The Hall–Kier alpha value is -1.62. The molecule has 0 atom stereocenters. The Morgan fingerprint density at radius 1 is 1.39 bits per heavy atom. The van der Waals surface area contributed by atoms with E-state index in [1.807, 2.05) is 18.1 Å². The average Bonchev–Trinajstić information content (AvgIpc) is 3.08. The van der Waals surface area contributed by atoms with Crippen LogP contribution in [0.3, 0.4) is 0 Å². The first kappa shape index (κ1) is 16.2. The molecule has 0 radical (unpaired) electrons. The summed E-state index contributed by atoms with van der Waals surface area (Å²) in [6.45, 7) is 4.88. The molecule has 1 fully saturated rings. The highest BCUT2D eigenvalue weighted by Gasteiger charge is 2.28. The number of unbranched alkanes of at least 4 members (excludes halogenated alkanes) is 1. The summed E-state index contributed by atoms with van der Waals surface area (Å²) in [6, 6.07) is 4.22. The van der Waals surface area contributed by atoms with Crippen LogP contribution in [0.25, 0.3) is 10.1 Å². The molecule has 2 aromatic heterocycles. The fourth-order valence-electron chi connectivity index (χ4n) is 3.29. The highest BCUT2D eigenvalue weighted by molar-refractivity contribution is 7.17. The zero-order valence-corrected chi connectivity index (χ0v) is 14.8. The molecule has 0 N–H and O–H groups in total. The molecule has 2 aromatic rings. The van der Waals surface area contributed by atoms with Gasteiger partial charge in [-0.1, -0.05) is 13.3 Å². The lowest BCUT2D eigenvalue weighted by molar-refractivity contribution is -0.134. The molecule has 1 aliphatic rings. The van der Waals surface area contributed by atoms with E-state index in [0.717, 1.165) is 51.1 Å². The molecule has 4 nitrogen and oxygen atoms in total. The van der Waals surface area contributed by atoms with Gasteiger partial charge in [0, 0.05) is 48.9 Å². The second kappa shape index (κ2) is 7.30. The van der Waals surface area contributed by atoms with Gasteiger partial charge in [0.15, 0.2) is 0 Å². The van der Waals surface area contributed by atoms with E-state index in [4.69, 9.17) is 0 Å². The van der Waals surface area contributed by atoms with E-state index in [2.05, 4.69) is 34.3 Å². The molecule has 3 heterocycles. The molecule has 0 aromatic carbocycles. The molecule has 23 heavy (non-hydrogen) atoms. The van der Waals surface area contributed by atoms with Crippen LogP contribution in [0.1, 0.15) is 32.6 Å². The number of fused-ring (bicyclic) bond motifs is 1. The van der Waals surface area contributed by atoms with Crippen LogP contribution in [0.5, 0.6) is 0 Å². The Bertz CT molecular complexity index is 661. The zero-order chi connectivity index (χ0) is 16.2. The second-order valence-electron chi connectivity index (χ2n) is 6.34. The number of hydrogen-bond acceptors (Lipinski definition) is 4. The molecule has 1 amide bonds. The van der Waals surface area contributed by atoms with Crippen molar-refractivity contribution in [3.8, 4) is 0 Å². The summed E-state index contributed by atoms with van der Waals surface area (Å²) in [5, 5.41) is 3.36. The number of thiophene rings is 1. The van der Waals surface area contributed by atoms with Crippen molar-refractivity contribution in [3.05, 3.63) is 23.7 Å². The second-order valence-corrected chi connectivity index (χ2v) is 7.29. The fourth-order valence-corrected chi connectivity index (χ4v) is 4.06. The lowest BCUT2D eigenvalue weighted by atomic mass is 9.95. The minimum Gasteiger partial charge on any atom is -0.356 e. The van der Waals surface area contributed by atoms with E-state index in [9.17, 15) is 4.79 Å². The van der Waals surface area contributed by atoms with Gasteiger partial charge in [0.25, 0.3) is 0 Å². The van der Waals surface area contributed by atoms with Crippen molar-refractivity contribution >= 4 is 33.1 Å². The molecule has 0 bridgehead atoms. The number of carbonyl (C=O) groups excluding carboxylic acids is 1. The number of hydrogen-bond donors (Lipinski definition) is 0. The van der Waals surface area contributed by atoms with Crippen molar-refractivity contribution in [2.24, 2.45) is 5.92 Å². The predicted octanol–water partition coefficient (Wildman–Crippen LogP) is 3.77. The van der Waals surface area contributed by atoms with Gasteiger partial charge in [-0.2, -0.15) is 0 Å². The molecule has 1 saturated heterocycles. The largest absolute Gasteiger partial charge is 0.356 e. The SMILES string of the molecule is CCCCN(C)C(=O)C1CCN(c2nccc3sccc23)CC1. The van der Waals surface area contributed by atoms with Gasteiger partial charge in [-0.15, -0.1) is 11.3 Å². The van der Waals surface area contributed by atoms with Crippen molar-refractivity contribution in [2.75, 3.05) is 31.6 Å². The molecule has 0 aliphatic carbocycles. The summed E-state index contributed by atoms with van der Waals surface area (Å²) >= 11 is 1.75. The zero-order valence-electron chi connectivity index (χ0n) is 14.0. The number of amides is 1. The van der Waals surface area contributed by atoms with Crippen LogP contribution in [-0.2, 0) is 4.79 Å². The van der Waals surface area contributed by atoms with Crippen molar-refractivity contribution in [3.63, 3.8) is 0 Å². The number of rotatable bonds is 5. The van der Waals surface area contributed by atoms with E-state index in [-0.39, 0.29) is 5.92 Å². The van der Waals surface area contributed by atoms with Crippen molar-refractivity contribution in [1.82, 2.24) is 9.88 Å². The van der Waals surface area contributed by atoms with Crippen LogP contribution < -0.4 is 4.90 Å². The van der Waals surface area contributed by atoms with E-state index in [1.165, 1.54) is 10.1 Å². The average molecular weight is 331 g/mol. The topological polar surface area (TPSA) is 36.4 Å². The summed E-state index contributed by atoms with van der Waals surface area (Å²) in [5.74, 6) is 1.57. The standard InChI is InChI=1S/C18H25N3OS/c1-3-4-10-20(2)18(22)14-6-11-21(12-7-14)17-15-8-13-23-16(15)5-9-19-17/h5,8-9,13-14H,3-4,6-7,10-12H2,1-2H3. The Kier molecular flexibility index (Phi) is 5.16. The highest BCUT2D eigenvalue weighted by Crippen LogP contribution is 2.31. The summed E-state index contributed by atoms with van der Waals surface area (Å²) in [7, 11) is 1.94. The lowest BCUT2D eigenvalue weighted by Crippen LogP contribution is -2.41. The summed E-state index contributed by atoms with van der Waals surface area (Å²) in [6.07, 6.45) is 5.97. The van der Waals surface area contributed by atoms with E-state index in [0.29, 0.717) is 5.91 Å². The maximum Gasteiger partial charge on any atom is 0.225 e. The van der Waals surface area contributed by atoms with Gasteiger partial charge in [0.05, 0.1) is 0 Å². The third-order valence-corrected chi connectivity index (χ3v) is 5.61. The van der Waals surface area contributed by atoms with Gasteiger partial charge >= 0.3 is 0 Å². The number of piperidine rings is 1. The molecule has 3 rings (SSSR count). The molecule has 0 saturated carbocycles. The van der Waals surface area contributed by atoms with Crippen molar-refractivity contribution < 1.29 is 4.79 Å². The number of nitrogens with zero attached hydrogens (tertiary/aromatic N) is 3. The Morgan fingerprint density at radius 3 is 2.91 bits per heavy atom. The molecule has 124 valence electrons. The minimum absolute atomic E-state index is 0.176. The number of anilines is 1. The van der Waals surface area contributed by atoms with Crippen LogP contribution in [0.4, 0.5) is 5.82 Å². The summed E-state index contributed by atoms with van der Waals surface area (Å²) in [4.78, 5) is 21.4. The van der Waals surface area contributed by atoms with E-state index < -0.39 is 0 Å². The maximum atomic E-state index is 12.5. The van der Waals surface area contributed by atoms with E-state index in [1.54, 1.807) is 11.3 Å². The Labute approximate surface area is 142 Å². The van der Waals surface area contributed by atoms with Gasteiger partial charge < -0.3 is 9.80 Å². The molecule has 0 spiro atoms. The first-order valence-electron chi connectivity index (χ1n) is 8.53. The van der Waals surface area contributed by atoms with E-state index >= 15 is 0 Å². The normalized spacial score (nSPS) is 16.0. The quantitative estimate of drug-likeness (QED) is 0.837. The van der Waals surface area contributed by atoms with Gasteiger partial charge in [-0.25, -0.2) is 4.98 Å². The van der Waals surface area contributed by atoms with Crippen molar-refractivity contribution in [1.29, 1.82) is 0 Å². The van der Waals surface area contributed by atoms with Crippen LogP contribution >= 0.6 is 11.3 Å². The molecule has 1 aliphatic heterocycles. The Morgan fingerprint density at radius 2 is 2.17 bits per heavy atom. The van der Waals surface area contributed by atoms with Gasteiger partial charge in [0.1, 0.15) is 5.82 Å². The predicted molar refractivity (Wildman–Crippen MR) is 97.1 cm³/mol. The number of pyridine rings is 1. The molecule has 0 unspecified atom stereocenters. The van der Waals surface area contributed by atoms with Crippen LogP contribution in [0, 0.1) is 5.92 Å². The van der Waals surface area contributed by atoms with Gasteiger partial charge in [-0.3, -0.25) is 4.79 Å². The van der Waals surface area contributed by atoms with Crippen LogP contribution in [0.2, 0.25) is 0 Å². The smallest absolute Gasteiger partial charge is 0.225 e. The lowest BCUT2D eigenvalue weighted by Gasteiger charge is -2.34. The first-order valence-corrected chi connectivity index (χ1v) is 9.40. The minimum atomic E-state index is 0.176. The number of carbonyl (C=O) groups is 1. The summed E-state index contributed by atoms with van der Waals surface area (Å²) < 4.78 is 1.28. The van der Waals surface area contributed by atoms with Crippen molar-refractivity contribution in [2.45, 2.75) is 32.6 Å². The number of aromatic nitrogens is 1. The Balaban J connectivity index is 1.62. The maximum absolute atomic E-state index is 12.5. The van der Waals surface area contributed by atoms with Gasteiger partial charge in [-0.05, 0) is 36.8 Å². The van der Waals surface area contributed by atoms with Gasteiger partial charge in [0.2, 0.25) is 5.91 Å².